The molecule has 1 spiro atoms. The van der Waals surface area contributed by atoms with Crippen molar-refractivity contribution in [2.24, 2.45) is 0 Å². The molecule has 1 amide bonds. The average molecular weight is 486 g/mol. The fourth-order valence-electron chi connectivity index (χ4n) is 6.34. The summed E-state index contributed by atoms with van der Waals surface area (Å²) in [7, 11) is 4.71. The first-order valence-electron chi connectivity index (χ1n) is 11.8. The molecule has 1 N–H and O–H groups in total. The number of hydrogen-bond donors (Lipinski definition) is 1. The standard InChI is InChI=1S/C26H31NO8/c1-6-25(32-5)21-16(8-9-18(30-3)22(21)31-4)23(28)26(25)17-13-20-19(34-14-35-20)12-15(17)10-11-27(26)24(29)33-7-2/h8-9,12-13,23,28H,6-7,10-11,14H2,1-5H3/t23-,25-,26+/m1/s1. The van der Waals surface area contributed by atoms with Crippen molar-refractivity contribution in [1.29, 1.82) is 0 Å². The Bertz CT molecular complexity index is 1160. The van der Waals surface area contributed by atoms with Gasteiger partial charge in [0.25, 0.3) is 0 Å². The lowest BCUT2D eigenvalue weighted by Gasteiger charge is -2.55. The minimum absolute atomic E-state index is 0.115. The molecule has 0 saturated carbocycles. The molecule has 3 aliphatic rings. The van der Waals surface area contributed by atoms with E-state index in [9.17, 15) is 9.90 Å². The highest BCUT2D eigenvalue weighted by molar-refractivity contribution is 5.74. The smallest absolute Gasteiger partial charge is 0.410 e. The van der Waals surface area contributed by atoms with E-state index in [1.54, 1.807) is 39.2 Å². The predicted octanol–water partition coefficient (Wildman–Crippen LogP) is 3.64. The molecule has 2 aromatic rings. The van der Waals surface area contributed by atoms with Gasteiger partial charge in [-0.15, -0.1) is 0 Å². The van der Waals surface area contributed by atoms with Crippen LogP contribution in [0.3, 0.4) is 0 Å². The Balaban J connectivity index is 1.89. The van der Waals surface area contributed by atoms with Crippen molar-refractivity contribution in [1.82, 2.24) is 4.90 Å². The Morgan fingerprint density at radius 1 is 1.14 bits per heavy atom. The van der Waals surface area contributed by atoms with Gasteiger partial charge in [0.1, 0.15) is 17.2 Å². The number of rotatable bonds is 5. The maximum absolute atomic E-state index is 13.5. The highest BCUT2D eigenvalue weighted by atomic mass is 16.7. The molecule has 0 fully saturated rings. The Morgan fingerprint density at radius 2 is 1.89 bits per heavy atom. The normalized spacial score (nSPS) is 25.9. The number of nitrogens with zero attached hydrogens (tertiary/aromatic N) is 1. The van der Waals surface area contributed by atoms with Crippen LogP contribution in [0.4, 0.5) is 4.79 Å². The van der Waals surface area contributed by atoms with Crippen LogP contribution in [0.1, 0.15) is 48.6 Å². The second-order valence-electron chi connectivity index (χ2n) is 8.78. The number of aliphatic hydroxyl groups excluding tert-OH is 1. The minimum atomic E-state index is -1.36. The summed E-state index contributed by atoms with van der Waals surface area (Å²) in [5.74, 6) is 2.17. The SMILES string of the molecule is CCOC(=O)N1CCc2cc3c(cc2[C@@]12[C@H](O)c1ccc(OC)c(OC)c1[C@@]2(CC)OC)OCO3. The van der Waals surface area contributed by atoms with Crippen molar-refractivity contribution in [3.05, 3.63) is 46.5 Å². The van der Waals surface area contributed by atoms with Gasteiger partial charge in [-0.2, -0.15) is 0 Å². The number of carbonyl (C=O) groups is 1. The average Bonchev–Trinajstić information content (AvgIpc) is 3.42. The molecule has 5 rings (SSSR count). The Morgan fingerprint density at radius 3 is 2.51 bits per heavy atom. The summed E-state index contributed by atoms with van der Waals surface area (Å²) >= 11 is 0. The fraction of sp³-hybridized carbons (Fsp3) is 0.500. The zero-order valence-electron chi connectivity index (χ0n) is 20.7. The molecule has 9 nitrogen and oxygen atoms in total. The molecule has 0 bridgehead atoms. The van der Waals surface area contributed by atoms with Crippen LogP contribution >= 0.6 is 0 Å². The molecule has 2 heterocycles. The van der Waals surface area contributed by atoms with Crippen LogP contribution in [0.5, 0.6) is 23.0 Å². The van der Waals surface area contributed by atoms with Crippen LogP contribution in [-0.4, -0.2) is 57.4 Å². The Labute approximate surface area is 204 Å². The lowest BCUT2D eigenvalue weighted by molar-refractivity contribution is -0.177. The van der Waals surface area contributed by atoms with Gasteiger partial charge in [0.2, 0.25) is 6.79 Å². The number of benzene rings is 2. The second-order valence-corrected chi connectivity index (χ2v) is 8.78. The first-order chi connectivity index (χ1) is 16.9. The lowest BCUT2D eigenvalue weighted by Crippen LogP contribution is -2.64. The summed E-state index contributed by atoms with van der Waals surface area (Å²) in [5, 5.41) is 12.2. The van der Waals surface area contributed by atoms with Crippen LogP contribution in [0, 0.1) is 0 Å². The quantitative estimate of drug-likeness (QED) is 0.686. The van der Waals surface area contributed by atoms with Crippen molar-refractivity contribution >= 4 is 6.09 Å². The summed E-state index contributed by atoms with van der Waals surface area (Å²) in [4.78, 5) is 15.1. The van der Waals surface area contributed by atoms with Crippen molar-refractivity contribution in [2.75, 3.05) is 41.3 Å². The summed E-state index contributed by atoms with van der Waals surface area (Å²) in [6.07, 6.45) is -0.704. The van der Waals surface area contributed by atoms with Gasteiger partial charge >= 0.3 is 6.09 Å². The van der Waals surface area contributed by atoms with Crippen LogP contribution in [-0.2, 0) is 27.0 Å². The maximum atomic E-state index is 13.5. The third-order valence-corrected chi connectivity index (χ3v) is 7.66. The predicted molar refractivity (Wildman–Crippen MR) is 125 cm³/mol. The number of amides is 1. The molecular formula is C26H31NO8. The molecule has 2 aliphatic heterocycles. The van der Waals surface area contributed by atoms with Crippen molar-refractivity contribution in [2.45, 2.75) is 43.9 Å². The van der Waals surface area contributed by atoms with Gasteiger partial charge in [0.15, 0.2) is 23.0 Å². The molecule has 1 aliphatic carbocycles. The van der Waals surface area contributed by atoms with E-state index in [1.807, 2.05) is 25.1 Å². The molecule has 9 heteroatoms. The third kappa shape index (κ3) is 2.85. The zero-order valence-corrected chi connectivity index (χ0v) is 20.7. The number of hydrogen-bond acceptors (Lipinski definition) is 8. The van der Waals surface area contributed by atoms with Crippen molar-refractivity contribution in [3.8, 4) is 23.0 Å². The summed E-state index contributed by atoms with van der Waals surface area (Å²) in [6.45, 7) is 4.37. The molecular weight excluding hydrogens is 454 g/mol. The number of ether oxygens (including phenoxy) is 6. The molecule has 0 aromatic heterocycles. The molecule has 35 heavy (non-hydrogen) atoms. The Kier molecular flexibility index (Phi) is 5.72. The Hall–Kier alpha value is -3.17. The van der Waals surface area contributed by atoms with Crippen LogP contribution in [0.15, 0.2) is 24.3 Å². The van der Waals surface area contributed by atoms with E-state index in [-0.39, 0.29) is 13.4 Å². The van der Waals surface area contributed by atoms with Gasteiger partial charge in [-0.25, -0.2) is 4.79 Å². The molecule has 3 atom stereocenters. The van der Waals surface area contributed by atoms with E-state index in [1.165, 1.54) is 0 Å². The van der Waals surface area contributed by atoms with E-state index in [4.69, 9.17) is 28.4 Å². The topological polar surface area (TPSA) is 95.9 Å². The van der Waals surface area contributed by atoms with Gasteiger partial charge in [-0.05, 0) is 54.7 Å². The van der Waals surface area contributed by atoms with Crippen LogP contribution in [0.2, 0.25) is 0 Å². The monoisotopic (exact) mass is 485 g/mol. The molecule has 0 unspecified atom stereocenters. The molecule has 0 saturated heterocycles. The number of carbonyl (C=O) groups excluding carboxylic acids is 1. The third-order valence-electron chi connectivity index (χ3n) is 7.66. The van der Waals surface area contributed by atoms with E-state index in [2.05, 4.69) is 0 Å². The van der Waals surface area contributed by atoms with Gasteiger partial charge in [-0.1, -0.05) is 13.0 Å². The largest absolute Gasteiger partial charge is 0.493 e. The maximum Gasteiger partial charge on any atom is 0.410 e. The van der Waals surface area contributed by atoms with Gasteiger partial charge in [0.05, 0.1) is 20.8 Å². The van der Waals surface area contributed by atoms with Crippen molar-refractivity contribution in [3.63, 3.8) is 0 Å². The first-order valence-corrected chi connectivity index (χ1v) is 11.8. The van der Waals surface area contributed by atoms with Gasteiger partial charge < -0.3 is 33.5 Å². The summed E-state index contributed by atoms with van der Waals surface area (Å²) in [5.41, 5.74) is 0.371. The highest BCUT2D eigenvalue weighted by Gasteiger charge is 2.70. The number of methoxy groups -OCH3 is 3. The van der Waals surface area contributed by atoms with Crippen molar-refractivity contribution < 1.29 is 38.3 Å². The van der Waals surface area contributed by atoms with Crippen LogP contribution in [0.25, 0.3) is 0 Å². The zero-order chi connectivity index (χ0) is 25.0. The molecule has 2 aromatic carbocycles. The van der Waals surface area contributed by atoms with E-state index >= 15 is 0 Å². The van der Waals surface area contributed by atoms with E-state index in [0.29, 0.717) is 53.5 Å². The summed E-state index contributed by atoms with van der Waals surface area (Å²) < 4.78 is 34.7. The molecule has 0 radical (unpaired) electrons. The summed E-state index contributed by atoms with van der Waals surface area (Å²) in [6, 6.07) is 7.37. The number of aliphatic hydroxyl groups is 1. The van der Waals surface area contributed by atoms with Gasteiger partial charge in [-0.3, -0.25) is 4.90 Å². The molecule has 188 valence electrons. The fourth-order valence-corrected chi connectivity index (χ4v) is 6.34. The van der Waals surface area contributed by atoms with Crippen LogP contribution < -0.4 is 18.9 Å². The highest BCUT2D eigenvalue weighted by Crippen LogP contribution is 2.67. The van der Waals surface area contributed by atoms with E-state index in [0.717, 1.165) is 11.1 Å². The lowest BCUT2D eigenvalue weighted by atomic mass is 9.67. The second kappa shape index (κ2) is 8.49. The minimum Gasteiger partial charge on any atom is -0.493 e. The van der Waals surface area contributed by atoms with E-state index < -0.39 is 23.3 Å². The first kappa shape index (κ1) is 23.6. The number of fused-ring (bicyclic) bond motifs is 4. The van der Waals surface area contributed by atoms with Gasteiger partial charge in [0, 0.05) is 19.2 Å².